The van der Waals surface area contributed by atoms with Crippen molar-refractivity contribution in [2.75, 3.05) is 32.2 Å². The highest BCUT2D eigenvalue weighted by molar-refractivity contribution is 7.12. The van der Waals surface area contributed by atoms with Crippen molar-refractivity contribution in [3.63, 3.8) is 0 Å². The summed E-state index contributed by atoms with van der Waals surface area (Å²) in [6, 6.07) is 17.4. The monoisotopic (exact) mass is 455 g/mol. The summed E-state index contributed by atoms with van der Waals surface area (Å²) in [5.41, 5.74) is 0.482. The number of benzene rings is 2. The van der Waals surface area contributed by atoms with Crippen molar-refractivity contribution >= 4 is 34.9 Å². The van der Waals surface area contributed by atoms with Gasteiger partial charge in [-0.25, -0.2) is 9.59 Å². The summed E-state index contributed by atoms with van der Waals surface area (Å²) >= 11 is 1.13. The molecule has 0 atom stereocenters. The lowest BCUT2D eigenvalue weighted by Crippen LogP contribution is -2.22. The number of amides is 1. The first-order chi connectivity index (χ1) is 15.6. The third kappa shape index (κ3) is 6.32. The molecule has 9 heteroatoms. The SMILES string of the molecule is COC(=O)c1sccc1NC(=O)COC(=O)c1ccccc1OCCOc1ccccc1. The number of nitrogens with one attached hydrogen (secondary N) is 1. The van der Waals surface area contributed by atoms with E-state index < -0.39 is 24.5 Å². The van der Waals surface area contributed by atoms with E-state index in [0.717, 1.165) is 17.1 Å². The van der Waals surface area contributed by atoms with Crippen molar-refractivity contribution < 1.29 is 33.3 Å². The number of anilines is 1. The summed E-state index contributed by atoms with van der Waals surface area (Å²) < 4.78 is 21.0. The average molecular weight is 455 g/mol. The lowest BCUT2D eigenvalue weighted by atomic mass is 10.2. The van der Waals surface area contributed by atoms with Gasteiger partial charge in [0.2, 0.25) is 0 Å². The molecule has 0 aliphatic rings. The predicted molar refractivity (Wildman–Crippen MR) is 118 cm³/mol. The zero-order chi connectivity index (χ0) is 22.8. The molecule has 0 unspecified atom stereocenters. The zero-order valence-electron chi connectivity index (χ0n) is 17.2. The molecule has 0 bridgehead atoms. The van der Waals surface area contributed by atoms with E-state index >= 15 is 0 Å². The van der Waals surface area contributed by atoms with Gasteiger partial charge in [0.15, 0.2) is 6.61 Å². The first-order valence-corrected chi connectivity index (χ1v) is 10.5. The van der Waals surface area contributed by atoms with Crippen molar-refractivity contribution in [3.8, 4) is 11.5 Å². The molecule has 32 heavy (non-hydrogen) atoms. The molecule has 0 spiro atoms. The van der Waals surface area contributed by atoms with Crippen LogP contribution in [0.4, 0.5) is 5.69 Å². The summed E-state index contributed by atoms with van der Waals surface area (Å²) in [6.45, 7) is -0.0200. The topological polar surface area (TPSA) is 100 Å². The molecule has 1 N–H and O–H groups in total. The Labute approximate surface area is 188 Å². The fourth-order valence-electron chi connectivity index (χ4n) is 2.64. The van der Waals surface area contributed by atoms with Gasteiger partial charge in [-0.05, 0) is 35.7 Å². The van der Waals surface area contributed by atoms with Crippen LogP contribution in [0.5, 0.6) is 11.5 Å². The predicted octanol–water partition coefficient (Wildman–Crippen LogP) is 3.79. The highest BCUT2D eigenvalue weighted by Crippen LogP contribution is 2.23. The minimum absolute atomic E-state index is 0.186. The highest BCUT2D eigenvalue weighted by atomic mass is 32.1. The van der Waals surface area contributed by atoms with E-state index in [4.69, 9.17) is 14.2 Å². The standard InChI is InChI=1S/C23H21NO7S/c1-28-23(27)21-18(11-14-32-21)24-20(25)15-31-22(26)17-9-5-6-10-19(17)30-13-12-29-16-7-3-2-4-8-16/h2-11,14H,12-13,15H2,1H3,(H,24,25). The van der Waals surface area contributed by atoms with Crippen molar-refractivity contribution in [1.29, 1.82) is 0 Å². The van der Waals surface area contributed by atoms with Crippen LogP contribution >= 0.6 is 11.3 Å². The molecule has 3 rings (SSSR count). The molecule has 0 radical (unpaired) electrons. The lowest BCUT2D eigenvalue weighted by Gasteiger charge is -2.12. The third-order valence-electron chi connectivity index (χ3n) is 4.10. The number of carbonyl (C=O) groups excluding carboxylic acids is 3. The van der Waals surface area contributed by atoms with Crippen LogP contribution < -0.4 is 14.8 Å². The Morgan fingerprint density at radius 3 is 2.38 bits per heavy atom. The van der Waals surface area contributed by atoms with Crippen molar-refractivity contribution in [3.05, 3.63) is 76.5 Å². The molecule has 0 aliphatic carbocycles. The van der Waals surface area contributed by atoms with Gasteiger partial charge in [0.25, 0.3) is 5.91 Å². The van der Waals surface area contributed by atoms with Crippen LogP contribution in [0.1, 0.15) is 20.0 Å². The van der Waals surface area contributed by atoms with Crippen LogP contribution in [0.25, 0.3) is 0 Å². The van der Waals surface area contributed by atoms with Crippen LogP contribution in [0.15, 0.2) is 66.0 Å². The van der Waals surface area contributed by atoms with E-state index in [-0.39, 0.29) is 17.0 Å². The van der Waals surface area contributed by atoms with Crippen molar-refractivity contribution in [2.24, 2.45) is 0 Å². The summed E-state index contributed by atoms with van der Waals surface area (Å²) in [5.74, 6) is -0.819. The fourth-order valence-corrected chi connectivity index (χ4v) is 3.41. The average Bonchev–Trinajstić information content (AvgIpc) is 3.28. The van der Waals surface area contributed by atoms with E-state index in [1.165, 1.54) is 7.11 Å². The molecule has 1 amide bonds. The summed E-state index contributed by atoms with van der Waals surface area (Å²) in [6.07, 6.45) is 0. The van der Waals surface area contributed by atoms with E-state index in [2.05, 4.69) is 10.1 Å². The van der Waals surface area contributed by atoms with Crippen LogP contribution in [0.2, 0.25) is 0 Å². The smallest absolute Gasteiger partial charge is 0.350 e. The molecule has 1 aromatic heterocycles. The van der Waals surface area contributed by atoms with Gasteiger partial charge in [0.1, 0.15) is 35.2 Å². The molecule has 8 nitrogen and oxygen atoms in total. The Bertz CT molecular complexity index is 1060. The molecule has 2 aromatic carbocycles. The van der Waals surface area contributed by atoms with Gasteiger partial charge in [-0.15, -0.1) is 11.3 Å². The Morgan fingerprint density at radius 2 is 1.59 bits per heavy atom. The second kappa shape index (κ2) is 11.5. The number of esters is 2. The Morgan fingerprint density at radius 1 is 0.875 bits per heavy atom. The summed E-state index contributed by atoms with van der Waals surface area (Å²) in [4.78, 5) is 36.6. The first-order valence-electron chi connectivity index (χ1n) is 9.61. The highest BCUT2D eigenvalue weighted by Gasteiger charge is 2.18. The maximum atomic E-state index is 12.5. The minimum Gasteiger partial charge on any atom is -0.490 e. The molecule has 3 aromatic rings. The second-order valence-corrected chi connectivity index (χ2v) is 7.20. The number of para-hydroxylation sites is 2. The number of thiophene rings is 1. The first kappa shape index (κ1) is 22.8. The Kier molecular flexibility index (Phi) is 8.22. The molecule has 0 saturated carbocycles. The van der Waals surface area contributed by atoms with Crippen LogP contribution in [-0.4, -0.2) is 44.8 Å². The van der Waals surface area contributed by atoms with Gasteiger partial charge < -0.3 is 24.3 Å². The van der Waals surface area contributed by atoms with Gasteiger partial charge in [-0.3, -0.25) is 4.79 Å². The van der Waals surface area contributed by atoms with Crippen molar-refractivity contribution in [2.45, 2.75) is 0 Å². The van der Waals surface area contributed by atoms with E-state index in [9.17, 15) is 14.4 Å². The van der Waals surface area contributed by atoms with E-state index in [1.54, 1.807) is 35.7 Å². The number of carbonyl (C=O) groups is 3. The number of rotatable bonds is 10. The molecule has 0 fully saturated rings. The molecular formula is C23H21NO7S. The maximum Gasteiger partial charge on any atom is 0.350 e. The molecule has 166 valence electrons. The Balaban J connectivity index is 1.50. The van der Waals surface area contributed by atoms with Crippen LogP contribution in [0, 0.1) is 0 Å². The van der Waals surface area contributed by atoms with Gasteiger partial charge in [-0.2, -0.15) is 0 Å². The van der Waals surface area contributed by atoms with Crippen LogP contribution in [-0.2, 0) is 14.3 Å². The molecule has 0 saturated heterocycles. The van der Waals surface area contributed by atoms with Gasteiger partial charge in [0, 0.05) is 0 Å². The number of hydrogen-bond donors (Lipinski definition) is 1. The van der Waals surface area contributed by atoms with Gasteiger partial charge in [-0.1, -0.05) is 30.3 Å². The maximum absolute atomic E-state index is 12.5. The number of hydrogen-bond acceptors (Lipinski definition) is 8. The second-order valence-electron chi connectivity index (χ2n) is 6.29. The molecule has 1 heterocycles. The quantitative estimate of drug-likeness (QED) is 0.367. The van der Waals surface area contributed by atoms with Gasteiger partial charge in [0.05, 0.1) is 12.8 Å². The zero-order valence-corrected chi connectivity index (χ0v) is 18.1. The largest absolute Gasteiger partial charge is 0.490 e. The van der Waals surface area contributed by atoms with Crippen LogP contribution in [0.3, 0.4) is 0 Å². The molecular weight excluding hydrogens is 434 g/mol. The van der Waals surface area contributed by atoms with Gasteiger partial charge >= 0.3 is 11.9 Å². The fraction of sp³-hybridized carbons (Fsp3) is 0.174. The summed E-state index contributed by atoms with van der Waals surface area (Å²) in [7, 11) is 1.25. The normalized spacial score (nSPS) is 10.2. The lowest BCUT2D eigenvalue weighted by molar-refractivity contribution is -0.119. The van der Waals surface area contributed by atoms with E-state index in [1.807, 2.05) is 30.3 Å². The summed E-state index contributed by atoms with van der Waals surface area (Å²) in [5, 5.41) is 4.17. The van der Waals surface area contributed by atoms with Crippen molar-refractivity contribution in [1.82, 2.24) is 0 Å². The Hall–Kier alpha value is -3.85. The van der Waals surface area contributed by atoms with E-state index in [0.29, 0.717) is 18.0 Å². The minimum atomic E-state index is -0.710. The number of ether oxygens (including phenoxy) is 4. The third-order valence-corrected chi connectivity index (χ3v) is 5.00. The number of methoxy groups -OCH3 is 1. The molecule has 0 aliphatic heterocycles.